The third-order valence-electron chi connectivity index (χ3n) is 2.33. The maximum Gasteiger partial charge on any atom is 0.338 e. The van der Waals surface area contributed by atoms with Crippen LogP contribution in [0.25, 0.3) is 0 Å². The van der Waals surface area contributed by atoms with Crippen LogP contribution in [0.2, 0.25) is 0 Å². The number of halogens is 1. The number of methoxy groups -OCH3 is 1. The van der Waals surface area contributed by atoms with Crippen molar-refractivity contribution in [2.75, 3.05) is 7.11 Å². The van der Waals surface area contributed by atoms with Crippen molar-refractivity contribution < 1.29 is 14.3 Å². The van der Waals surface area contributed by atoms with Gasteiger partial charge in [-0.2, -0.15) is 0 Å². The summed E-state index contributed by atoms with van der Waals surface area (Å²) >= 11 is 5.81. The molecule has 2 unspecified atom stereocenters. The summed E-state index contributed by atoms with van der Waals surface area (Å²) < 4.78 is 9.89. The van der Waals surface area contributed by atoms with Gasteiger partial charge in [0.1, 0.15) is 6.10 Å². The zero-order chi connectivity index (χ0) is 11.5. The van der Waals surface area contributed by atoms with Crippen molar-refractivity contribution in [3.05, 3.63) is 47.6 Å². The van der Waals surface area contributed by atoms with Gasteiger partial charge < -0.3 is 9.47 Å². The van der Waals surface area contributed by atoms with Gasteiger partial charge in [-0.3, -0.25) is 0 Å². The Bertz CT molecular complexity index is 418. The molecule has 0 aromatic carbocycles. The number of allylic oxidation sites excluding steroid dienone is 6. The molecule has 0 radical (unpaired) electrons. The first kappa shape index (κ1) is 11.2. The molecule has 1 fully saturated rings. The topological polar surface area (TPSA) is 38.8 Å². The summed E-state index contributed by atoms with van der Waals surface area (Å²) in [7, 11) is 1.35. The molecule has 4 heteroatoms. The van der Waals surface area contributed by atoms with Gasteiger partial charge in [-0.05, 0) is 11.6 Å². The first-order valence-electron chi connectivity index (χ1n) is 4.87. The van der Waals surface area contributed by atoms with E-state index >= 15 is 0 Å². The van der Waals surface area contributed by atoms with Crippen LogP contribution in [0, 0.1) is 0 Å². The highest BCUT2D eigenvalue weighted by Crippen LogP contribution is 2.36. The minimum atomic E-state index is -0.384. The highest BCUT2D eigenvalue weighted by Gasteiger charge is 2.42. The van der Waals surface area contributed by atoms with Gasteiger partial charge in [-0.1, -0.05) is 42.0 Å². The molecule has 0 spiro atoms. The summed E-state index contributed by atoms with van der Waals surface area (Å²) in [5, 5.41) is 0. The Morgan fingerprint density at radius 1 is 1.31 bits per heavy atom. The molecule has 0 aromatic heterocycles. The lowest BCUT2D eigenvalue weighted by Crippen LogP contribution is -2.11. The smallest absolute Gasteiger partial charge is 0.338 e. The van der Waals surface area contributed by atoms with E-state index in [4.69, 9.17) is 21.1 Å². The Morgan fingerprint density at radius 2 is 1.94 bits per heavy atom. The molecular weight excluding hydrogens is 228 g/mol. The van der Waals surface area contributed by atoms with E-state index in [0.717, 1.165) is 5.57 Å². The minimum absolute atomic E-state index is 0.219. The van der Waals surface area contributed by atoms with Crippen LogP contribution in [0.4, 0.5) is 0 Å². The maximum absolute atomic E-state index is 11.6. The highest BCUT2D eigenvalue weighted by molar-refractivity contribution is 6.22. The Kier molecular flexibility index (Phi) is 3.27. The summed E-state index contributed by atoms with van der Waals surface area (Å²) in [5.74, 6) is -0.384. The molecule has 1 heterocycles. The van der Waals surface area contributed by atoms with Crippen molar-refractivity contribution in [1.82, 2.24) is 0 Å². The predicted molar refractivity (Wildman–Crippen MR) is 61.0 cm³/mol. The Hall–Kier alpha value is -1.32. The third-order valence-corrected chi connectivity index (χ3v) is 2.66. The number of carbonyl (C=O) groups excluding carboxylic acids is 1. The first-order chi connectivity index (χ1) is 7.74. The van der Waals surface area contributed by atoms with E-state index in [1.54, 1.807) is 12.2 Å². The number of hydrogen-bond acceptors (Lipinski definition) is 3. The summed E-state index contributed by atoms with van der Waals surface area (Å²) in [5.41, 5.74) is 0.889. The van der Waals surface area contributed by atoms with Crippen molar-refractivity contribution in [2.24, 2.45) is 0 Å². The molecular formula is C12H11ClO3. The average Bonchev–Trinajstić information content (AvgIpc) is 2.94. The van der Waals surface area contributed by atoms with Crippen LogP contribution in [0.15, 0.2) is 47.6 Å². The lowest BCUT2D eigenvalue weighted by Gasteiger charge is -2.07. The SMILES string of the molecule is COC(=O)C1=C/C=C\C=C/C=C1C1OC1Cl. The number of carbonyl (C=O) groups is 1. The van der Waals surface area contributed by atoms with Crippen LogP contribution in [-0.4, -0.2) is 24.7 Å². The highest BCUT2D eigenvalue weighted by atomic mass is 35.5. The number of hydrogen-bond donors (Lipinski definition) is 0. The quantitative estimate of drug-likeness (QED) is 0.420. The summed E-state index contributed by atoms with van der Waals surface area (Å²) in [4.78, 5) is 11.6. The second-order valence-corrected chi connectivity index (χ2v) is 3.80. The van der Waals surface area contributed by atoms with Crippen LogP contribution in [0.3, 0.4) is 0 Å². The van der Waals surface area contributed by atoms with E-state index in [9.17, 15) is 4.79 Å². The minimum Gasteiger partial charge on any atom is -0.465 e. The zero-order valence-electron chi connectivity index (χ0n) is 8.72. The molecule has 0 bridgehead atoms. The van der Waals surface area contributed by atoms with Gasteiger partial charge in [0, 0.05) is 0 Å². The molecule has 1 aliphatic carbocycles. The Balaban J connectivity index is 2.32. The second-order valence-electron chi connectivity index (χ2n) is 3.37. The van der Waals surface area contributed by atoms with Crippen molar-refractivity contribution in [3.63, 3.8) is 0 Å². The molecule has 0 N–H and O–H groups in total. The molecule has 2 rings (SSSR count). The van der Waals surface area contributed by atoms with Crippen molar-refractivity contribution in [2.45, 2.75) is 11.7 Å². The Labute approximate surface area is 98.7 Å². The first-order valence-corrected chi connectivity index (χ1v) is 5.31. The average molecular weight is 239 g/mol. The lowest BCUT2D eigenvalue weighted by molar-refractivity contribution is -0.135. The normalized spacial score (nSPS) is 31.6. The third kappa shape index (κ3) is 2.26. The number of epoxide rings is 1. The van der Waals surface area contributed by atoms with E-state index < -0.39 is 0 Å². The fraction of sp³-hybridized carbons (Fsp3) is 0.250. The van der Waals surface area contributed by atoms with Crippen LogP contribution < -0.4 is 0 Å². The second kappa shape index (κ2) is 4.68. The molecule has 1 aliphatic heterocycles. The molecule has 16 heavy (non-hydrogen) atoms. The molecule has 0 amide bonds. The molecule has 0 aromatic rings. The fourth-order valence-electron chi connectivity index (χ4n) is 1.48. The largest absolute Gasteiger partial charge is 0.465 e. The molecule has 84 valence electrons. The van der Waals surface area contributed by atoms with Gasteiger partial charge in [-0.25, -0.2) is 4.79 Å². The van der Waals surface area contributed by atoms with E-state index in [1.165, 1.54) is 7.11 Å². The van der Waals surface area contributed by atoms with E-state index in [1.807, 2.05) is 24.3 Å². The summed E-state index contributed by atoms with van der Waals surface area (Å²) in [6.07, 6.45) is 10.6. The monoisotopic (exact) mass is 238 g/mol. The van der Waals surface area contributed by atoms with Crippen LogP contribution >= 0.6 is 11.6 Å². The summed E-state index contributed by atoms with van der Waals surface area (Å²) in [6, 6.07) is 0. The van der Waals surface area contributed by atoms with Gasteiger partial charge in [0.05, 0.1) is 12.7 Å². The molecule has 1 saturated heterocycles. The van der Waals surface area contributed by atoms with Crippen LogP contribution in [0.1, 0.15) is 0 Å². The number of esters is 1. The number of rotatable bonds is 2. The van der Waals surface area contributed by atoms with Gasteiger partial charge in [-0.15, -0.1) is 0 Å². The van der Waals surface area contributed by atoms with E-state index in [0.29, 0.717) is 5.57 Å². The van der Waals surface area contributed by atoms with Gasteiger partial charge in [0.25, 0.3) is 0 Å². The molecule has 2 aliphatic rings. The zero-order valence-corrected chi connectivity index (χ0v) is 9.48. The summed E-state index contributed by atoms with van der Waals surface area (Å²) in [6.45, 7) is 0. The predicted octanol–water partition coefficient (Wildman–Crippen LogP) is 2.10. The number of alkyl halides is 1. The van der Waals surface area contributed by atoms with Gasteiger partial charge in [0.2, 0.25) is 0 Å². The molecule has 0 saturated carbocycles. The van der Waals surface area contributed by atoms with Crippen LogP contribution in [0.5, 0.6) is 0 Å². The van der Waals surface area contributed by atoms with Gasteiger partial charge in [0.15, 0.2) is 5.56 Å². The van der Waals surface area contributed by atoms with Crippen molar-refractivity contribution in [3.8, 4) is 0 Å². The molecule has 2 atom stereocenters. The van der Waals surface area contributed by atoms with Crippen molar-refractivity contribution >= 4 is 17.6 Å². The van der Waals surface area contributed by atoms with Crippen LogP contribution in [-0.2, 0) is 14.3 Å². The standard InChI is InChI=1S/C12H11ClO3/c1-15-12(14)9-7-5-3-2-4-6-8(9)10-11(13)16-10/h2-7,10-11H,1H3/b3-2?,4-2-,5-3-,6-4?,7-5?,8-6?,9-7?,9-8?. The molecule has 3 nitrogen and oxygen atoms in total. The Morgan fingerprint density at radius 3 is 2.50 bits per heavy atom. The maximum atomic E-state index is 11.6. The van der Waals surface area contributed by atoms with E-state index in [-0.39, 0.29) is 17.6 Å². The number of ether oxygens (including phenoxy) is 2. The van der Waals surface area contributed by atoms with Gasteiger partial charge >= 0.3 is 5.97 Å². The van der Waals surface area contributed by atoms with E-state index in [2.05, 4.69) is 0 Å². The van der Waals surface area contributed by atoms with Crippen molar-refractivity contribution in [1.29, 1.82) is 0 Å². The fourth-order valence-corrected chi connectivity index (χ4v) is 1.72. The lowest BCUT2D eigenvalue weighted by atomic mass is 10.0.